The van der Waals surface area contributed by atoms with E-state index in [-0.39, 0.29) is 18.2 Å². The fourth-order valence-electron chi connectivity index (χ4n) is 6.51. The van der Waals surface area contributed by atoms with Gasteiger partial charge in [0.2, 0.25) is 5.91 Å². The summed E-state index contributed by atoms with van der Waals surface area (Å²) >= 11 is 1.66. The number of carboxylic acids is 1. The van der Waals surface area contributed by atoms with Crippen LogP contribution in [0.1, 0.15) is 54.8 Å². The molecule has 8 nitrogen and oxygen atoms in total. The van der Waals surface area contributed by atoms with Gasteiger partial charge in [-0.3, -0.25) is 4.79 Å². The van der Waals surface area contributed by atoms with Crippen molar-refractivity contribution in [1.82, 2.24) is 14.9 Å². The predicted octanol–water partition coefficient (Wildman–Crippen LogP) is 5.51. The molecule has 42 heavy (non-hydrogen) atoms. The lowest BCUT2D eigenvalue weighted by atomic mass is 9.87. The van der Waals surface area contributed by atoms with Crippen molar-refractivity contribution in [2.45, 2.75) is 58.4 Å². The number of carbonyl (C=O) groups is 2. The fraction of sp³-hybridized carbons (Fsp3) is 0.424. The lowest BCUT2D eigenvalue weighted by molar-refractivity contribution is -0.502. The molecule has 2 aromatic heterocycles. The molecule has 0 radical (unpaired) electrons. The van der Waals surface area contributed by atoms with Crippen molar-refractivity contribution in [3.8, 4) is 10.6 Å². The van der Waals surface area contributed by atoms with E-state index in [9.17, 15) is 14.7 Å². The Bertz CT molecular complexity index is 1610. The largest absolute Gasteiger partial charge is 0.478 e. The molecule has 6 rings (SSSR count). The van der Waals surface area contributed by atoms with E-state index in [0.717, 1.165) is 61.9 Å². The number of benzene rings is 1. The summed E-state index contributed by atoms with van der Waals surface area (Å²) in [7, 11) is 0. The first-order chi connectivity index (χ1) is 20.4. The Kier molecular flexibility index (Phi) is 8.31. The van der Waals surface area contributed by atoms with Gasteiger partial charge >= 0.3 is 5.97 Å². The number of hydrogen-bond donors (Lipinski definition) is 1. The summed E-state index contributed by atoms with van der Waals surface area (Å²) in [5, 5.41) is 11.5. The Hall–Kier alpha value is -3.69. The van der Waals surface area contributed by atoms with Gasteiger partial charge < -0.3 is 14.7 Å². The molecule has 9 heteroatoms. The number of fused-ring (bicyclic) bond motifs is 1. The third kappa shape index (κ3) is 5.94. The maximum Gasteiger partial charge on any atom is 0.328 e. The third-order valence-electron chi connectivity index (χ3n) is 8.55. The topological polar surface area (TPSA) is 95.6 Å². The highest BCUT2D eigenvalue weighted by atomic mass is 32.1. The number of hydrogen-bond acceptors (Lipinski definition) is 6. The highest BCUT2D eigenvalue weighted by Crippen LogP contribution is 2.35. The van der Waals surface area contributed by atoms with Gasteiger partial charge in [0.05, 0.1) is 45.9 Å². The maximum atomic E-state index is 13.6. The van der Waals surface area contributed by atoms with E-state index in [1.165, 1.54) is 25.3 Å². The number of allylic oxidation sites excluding steroid dienone is 2. The second-order valence-electron chi connectivity index (χ2n) is 11.4. The number of carboxylic acid groups (broad SMARTS) is 1. The summed E-state index contributed by atoms with van der Waals surface area (Å²) in [6, 6.07) is 10.8. The number of rotatable bonds is 7. The molecule has 218 valence electrons. The summed E-state index contributed by atoms with van der Waals surface area (Å²) in [5.41, 5.74) is 5.81. The Morgan fingerprint density at radius 2 is 1.88 bits per heavy atom. The molecule has 4 heterocycles. The molecule has 2 aliphatic heterocycles. The van der Waals surface area contributed by atoms with E-state index in [1.54, 1.807) is 17.4 Å². The van der Waals surface area contributed by atoms with Gasteiger partial charge in [0.25, 0.3) is 0 Å². The highest BCUT2D eigenvalue weighted by molar-refractivity contribution is 7.15. The second kappa shape index (κ2) is 12.3. The Morgan fingerprint density at radius 3 is 2.60 bits per heavy atom. The molecule has 1 amide bonds. The average molecular weight is 586 g/mol. The summed E-state index contributed by atoms with van der Waals surface area (Å²) in [4.78, 5) is 37.6. The molecule has 1 unspecified atom stereocenters. The highest BCUT2D eigenvalue weighted by Gasteiger charge is 2.41. The number of aromatic nitrogens is 2. The predicted molar refractivity (Wildman–Crippen MR) is 164 cm³/mol. The first-order valence-electron chi connectivity index (χ1n) is 14.9. The van der Waals surface area contributed by atoms with Crippen molar-refractivity contribution in [3.63, 3.8) is 0 Å². The van der Waals surface area contributed by atoms with Crippen molar-refractivity contribution in [2.24, 2.45) is 5.92 Å². The summed E-state index contributed by atoms with van der Waals surface area (Å²) in [6.45, 7) is 6.29. The number of ether oxygens (including phenoxy) is 1. The minimum absolute atomic E-state index is 0.0724. The van der Waals surface area contributed by atoms with E-state index in [0.29, 0.717) is 32.3 Å². The molecule has 1 aromatic carbocycles. The van der Waals surface area contributed by atoms with E-state index in [4.69, 9.17) is 9.72 Å². The average Bonchev–Trinajstić information content (AvgIpc) is 3.54. The molecule has 0 bridgehead atoms. The van der Waals surface area contributed by atoms with Gasteiger partial charge in [-0.25, -0.2) is 14.8 Å². The van der Waals surface area contributed by atoms with Gasteiger partial charge in [-0.15, -0.1) is 11.3 Å². The van der Waals surface area contributed by atoms with Crippen LogP contribution >= 0.6 is 11.3 Å². The van der Waals surface area contributed by atoms with Gasteiger partial charge in [0.15, 0.2) is 18.0 Å². The lowest BCUT2D eigenvalue weighted by Crippen LogP contribution is -2.42. The normalized spacial score (nSPS) is 20.1. The number of aryl methyl sites for hydroxylation is 2. The van der Waals surface area contributed by atoms with Gasteiger partial charge in [0.1, 0.15) is 0 Å². The van der Waals surface area contributed by atoms with Gasteiger partial charge in [0, 0.05) is 55.0 Å². The van der Waals surface area contributed by atoms with Crippen LogP contribution in [-0.2, 0) is 14.3 Å². The van der Waals surface area contributed by atoms with Crippen LogP contribution in [0, 0.1) is 19.8 Å². The molecule has 1 saturated carbocycles. The summed E-state index contributed by atoms with van der Waals surface area (Å²) < 4.78 is 7.83. The van der Waals surface area contributed by atoms with Crippen molar-refractivity contribution in [2.75, 3.05) is 26.3 Å². The summed E-state index contributed by atoms with van der Waals surface area (Å²) in [6.07, 6.45) is 11.0. The molecular formula is C33H37N4O4S+. The second-order valence-corrected chi connectivity index (χ2v) is 12.6. The molecule has 1 N–H and O–H groups in total. The van der Waals surface area contributed by atoms with Crippen molar-refractivity contribution in [1.29, 1.82) is 0 Å². The number of nitrogens with zero attached hydrogens (tertiary/aromatic N) is 4. The Morgan fingerprint density at radius 1 is 1.10 bits per heavy atom. The van der Waals surface area contributed by atoms with Crippen LogP contribution in [0.5, 0.6) is 0 Å². The number of amides is 1. The van der Waals surface area contributed by atoms with E-state index < -0.39 is 5.97 Å². The molecule has 1 aliphatic carbocycles. The SMILES string of the molecule is Cc1nc(C)c(-c2ccc3cc(C4=[N+](C5CCCCC5)C=C(C=CC(=O)O)C4CC(=O)N4CCOCC4)ccc3n2)s1. The quantitative estimate of drug-likeness (QED) is 0.290. The van der Waals surface area contributed by atoms with E-state index >= 15 is 0 Å². The van der Waals surface area contributed by atoms with E-state index in [2.05, 4.69) is 46.1 Å². The van der Waals surface area contributed by atoms with Crippen molar-refractivity contribution in [3.05, 3.63) is 70.5 Å². The zero-order valence-corrected chi connectivity index (χ0v) is 25.0. The van der Waals surface area contributed by atoms with Crippen LogP contribution in [0.15, 0.2) is 54.3 Å². The molecule has 1 atom stereocenters. The number of morpholine rings is 1. The molecule has 0 spiro atoms. The van der Waals surface area contributed by atoms with Crippen LogP contribution < -0.4 is 0 Å². The van der Waals surface area contributed by atoms with Crippen LogP contribution in [0.3, 0.4) is 0 Å². The Labute approximate surface area is 250 Å². The molecule has 3 aliphatic rings. The zero-order valence-electron chi connectivity index (χ0n) is 24.2. The molecular weight excluding hydrogens is 548 g/mol. The maximum absolute atomic E-state index is 13.6. The summed E-state index contributed by atoms with van der Waals surface area (Å²) in [5.74, 6) is -1.17. The standard InChI is InChI=1S/C33H36N4O4S/c1-21-33(42-22(2)34-21)29-12-8-23-18-24(9-11-28(23)35-29)32-27(19-30(38)36-14-16-41-17-15-36)25(10-13-31(39)40)20-37(32)26-6-4-3-5-7-26/h8-13,18,20,26-27H,3-7,14-17,19H2,1-2H3/p+1. The van der Waals surface area contributed by atoms with Gasteiger partial charge in [-0.05, 0) is 57.0 Å². The molecule has 1 saturated heterocycles. The van der Waals surface area contributed by atoms with Crippen LogP contribution in [0.2, 0.25) is 0 Å². The molecule has 2 fully saturated rings. The Balaban J connectivity index is 1.41. The van der Waals surface area contributed by atoms with Crippen molar-refractivity contribution < 1.29 is 24.0 Å². The molecule has 3 aromatic rings. The number of pyridine rings is 1. The van der Waals surface area contributed by atoms with Gasteiger partial charge in [-0.2, -0.15) is 4.58 Å². The fourth-order valence-corrected chi connectivity index (χ4v) is 7.40. The van der Waals surface area contributed by atoms with Gasteiger partial charge in [-0.1, -0.05) is 12.5 Å². The first kappa shape index (κ1) is 28.4. The number of thiazole rings is 1. The third-order valence-corrected chi connectivity index (χ3v) is 9.64. The minimum Gasteiger partial charge on any atom is -0.478 e. The zero-order chi connectivity index (χ0) is 29.2. The monoisotopic (exact) mass is 585 g/mol. The van der Waals surface area contributed by atoms with Crippen LogP contribution in [0.4, 0.5) is 0 Å². The number of carbonyl (C=O) groups excluding carboxylic acids is 1. The lowest BCUT2D eigenvalue weighted by Gasteiger charge is -2.28. The number of aliphatic carboxylic acids is 1. The van der Waals surface area contributed by atoms with Crippen LogP contribution in [0.25, 0.3) is 21.5 Å². The van der Waals surface area contributed by atoms with Crippen molar-refractivity contribution >= 4 is 39.8 Å². The minimum atomic E-state index is -0.995. The van der Waals surface area contributed by atoms with Crippen LogP contribution in [-0.4, -0.2) is 74.5 Å². The first-order valence-corrected chi connectivity index (χ1v) is 15.7. The smallest absolute Gasteiger partial charge is 0.328 e. The van der Waals surface area contributed by atoms with E-state index in [1.807, 2.05) is 18.7 Å².